The number of morpholine rings is 1. The van der Waals surface area contributed by atoms with Gasteiger partial charge in [-0.2, -0.15) is 0 Å². The van der Waals surface area contributed by atoms with E-state index in [0.29, 0.717) is 26.2 Å². The molecular formula is C18H28N2O3. The normalized spacial score (nSPS) is 19.5. The van der Waals surface area contributed by atoms with Crippen LogP contribution in [0.15, 0.2) is 18.2 Å². The van der Waals surface area contributed by atoms with Gasteiger partial charge in [0, 0.05) is 12.2 Å². The Morgan fingerprint density at radius 3 is 2.61 bits per heavy atom. The van der Waals surface area contributed by atoms with Crippen molar-refractivity contribution in [2.75, 3.05) is 25.1 Å². The summed E-state index contributed by atoms with van der Waals surface area (Å²) in [6, 6.07) is 5.97. The van der Waals surface area contributed by atoms with Crippen molar-refractivity contribution in [1.29, 1.82) is 0 Å². The summed E-state index contributed by atoms with van der Waals surface area (Å²) >= 11 is 0. The Morgan fingerprint density at radius 2 is 2.04 bits per heavy atom. The number of urea groups is 1. The van der Waals surface area contributed by atoms with Gasteiger partial charge >= 0.3 is 6.03 Å². The molecule has 2 amide bonds. The number of aliphatic hydroxyl groups excluding tert-OH is 1. The monoisotopic (exact) mass is 320 g/mol. The van der Waals surface area contributed by atoms with Crippen LogP contribution in [0.4, 0.5) is 10.5 Å². The molecular weight excluding hydrogens is 292 g/mol. The Bertz CT molecular complexity index is 509. The number of rotatable bonds is 5. The van der Waals surface area contributed by atoms with Crippen LogP contribution in [0.2, 0.25) is 0 Å². The average molecular weight is 320 g/mol. The van der Waals surface area contributed by atoms with Crippen LogP contribution < -0.4 is 5.32 Å². The summed E-state index contributed by atoms with van der Waals surface area (Å²) in [5.74, 6) is 0. The van der Waals surface area contributed by atoms with E-state index >= 15 is 0 Å². The molecule has 2 rings (SSSR count). The van der Waals surface area contributed by atoms with Crippen molar-refractivity contribution in [3.05, 3.63) is 29.3 Å². The molecule has 2 N–H and O–H groups in total. The first-order valence-electron chi connectivity index (χ1n) is 8.51. The van der Waals surface area contributed by atoms with Gasteiger partial charge in [-0.3, -0.25) is 0 Å². The number of ether oxygens (including phenoxy) is 1. The molecule has 1 fully saturated rings. The number of nitrogens with one attached hydrogen (secondary N) is 1. The third kappa shape index (κ3) is 4.45. The number of nitrogens with zero attached hydrogens (tertiary/aromatic N) is 1. The van der Waals surface area contributed by atoms with Gasteiger partial charge in [-0.05, 0) is 37.3 Å². The molecule has 0 aromatic heterocycles. The zero-order valence-electron chi connectivity index (χ0n) is 14.3. The molecule has 128 valence electrons. The van der Waals surface area contributed by atoms with E-state index in [1.807, 2.05) is 6.07 Å². The van der Waals surface area contributed by atoms with Crippen molar-refractivity contribution < 1.29 is 14.6 Å². The molecule has 1 saturated heterocycles. The molecule has 5 nitrogen and oxygen atoms in total. The number of anilines is 1. The third-order valence-electron chi connectivity index (χ3n) is 4.33. The van der Waals surface area contributed by atoms with Gasteiger partial charge in [0.05, 0.1) is 25.4 Å². The number of carbonyl (C=O) groups excluding carboxylic acids is 1. The van der Waals surface area contributed by atoms with E-state index < -0.39 is 6.10 Å². The lowest BCUT2D eigenvalue weighted by Crippen LogP contribution is -2.51. The molecule has 0 aliphatic carbocycles. The smallest absolute Gasteiger partial charge is 0.322 e. The average Bonchev–Trinajstić information content (AvgIpc) is 2.54. The highest BCUT2D eigenvalue weighted by Crippen LogP contribution is 2.24. The molecule has 1 aromatic rings. The number of benzene rings is 1. The second kappa shape index (κ2) is 8.31. The number of hydrogen-bond donors (Lipinski definition) is 2. The predicted octanol–water partition coefficient (Wildman–Crippen LogP) is 2.82. The number of amides is 2. The lowest BCUT2D eigenvalue weighted by atomic mass is 10.0. The number of carbonyl (C=O) groups is 1. The molecule has 1 aromatic carbocycles. The maximum absolute atomic E-state index is 12.8. The van der Waals surface area contributed by atoms with Gasteiger partial charge in [-0.25, -0.2) is 4.79 Å². The first-order valence-corrected chi connectivity index (χ1v) is 8.51. The fourth-order valence-corrected chi connectivity index (χ4v) is 3.09. The first kappa shape index (κ1) is 17.8. The summed E-state index contributed by atoms with van der Waals surface area (Å²) in [7, 11) is 0. The Hall–Kier alpha value is -1.59. The second-order valence-electron chi connectivity index (χ2n) is 6.10. The Labute approximate surface area is 138 Å². The number of para-hydroxylation sites is 1. The molecule has 0 bridgehead atoms. The molecule has 1 aliphatic heterocycles. The summed E-state index contributed by atoms with van der Waals surface area (Å²) in [6.07, 6.45) is 1.84. The molecule has 0 radical (unpaired) electrons. The van der Waals surface area contributed by atoms with E-state index in [4.69, 9.17) is 4.74 Å². The minimum Gasteiger partial charge on any atom is -0.393 e. The number of hydrogen-bond acceptors (Lipinski definition) is 3. The van der Waals surface area contributed by atoms with Crippen LogP contribution in [0.1, 0.15) is 38.3 Å². The SMILES string of the molecule is CCc1cccc(CC)c1NC(=O)N1CCOC[C@H]1C[C@H](C)O. The van der Waals surface area contributed by atoms with Crippen LogP contribution in [0.3, 0.4) is 0 Å². The molecule has 1 aliphatic rings. The van der Waals surface area contributed by atoms with E-state index in [0.717, 1.165) is 29.7 Å². The fraction of sp³-hybridized carbons (Fsp3) is 0.611. The summed E-state index contributed by atoms with van der Waals surface area (Å²) in [5, 5.41) is 12.7. The van der Waals surface area contributed by atoms with E-state index in [9.17, 15) is 9.90 Å². The molecule has 5 heteroatoms. The van der Waals surface area contributed by atoms with Crippen molar-refractivity contribution >= 4 is 11.7 Å². The molecule has 0 unspecified atom stereocenters. The van der Waals surface area contributed by atoms with Crippen LogP contribution in [0.25, 0.3) is 0 Å². The van der Waals surface area contributed by atoms with Crippen LogP contribution in [-0.2, 0) is 17.6 Å². The Balaban J connectivity index is 2.17. The summed E-state index contributed by atoms with van der Waals surface area (Å²) in [6.45, 7) is 7.50. The zero-order chi connectivity index (χ0) is 16.8. The van der Waals surface area contributed by atoms with E-state index in [-0.39, 0.29) is 12.1 Å². The van der Waals surface area contributed by atoms with Crippen molar-refractivity contribution in [2.45, 2.75) is 52.2 Å². The summed E-state index contributed by atoms with van der Waals surface area (Å²) < 4.78 is 5.47. The van der Waals surface area contributed by atoms with Crippen LogP contribution in [0, 0.1) is 0 Å². The highest BCUT2D eigenvalue weighted by molar-refractivity contribution is 5.91. The second-order valence-corrected chi connectivity index (χ2v) is 6.10. The van der Waals surface area contributed by atoms with Gasteiger partial charge in [0.15, 0.2) is 0 Å². The van der Waals surface area contributed by atoms with Gasteiger partial charge in [0.25, 0.3) is 0 Å². The van der Waals surface area contributed by atoms with E-state index in [1.54, 1.807) is 11.8 Å². The van der Waals surface area contributed by atoms with Crippen molar-refractivity contribution in [3.63, 3.8) is 0 Å². The van der Waals surface area contributed by atoms with Crippen molar-refractivity contribution in [3.8, 4) is 0 Å². The first-order chi connectivity index (χ1) is 11.1. The van der Waals surface area contributed by atoms with E-state index in [2.05, 4.69) is 31.3 Å². The topological polar surface area (TPSA) is 61.8 Å². The lowest BCUT2D eigenvalue weighted by molar-refractivity contribution is -0.00161. The summed E-state index contributed by atoms with van der Waals surface area (Å²) in [4.78, 5) is 14.6. The van der Waals surface area contributed by atoms with Crippen LogP contribution in [0.5, 0.6) is 0 Å². The molecule has 2 atom stereocenters. The minimum absolute atomic E-state index is 0.0809. The molecule has 1 heterocycles. The van der Waals surface area contributed by atoms with Gasteiger partial charge in [-0.1, -0.05) is 32.0 Å². The molecule has 0 spiro atoms. The Kier molecular flexibility index (Phi) is 6.42. The lowest BCUT2D eigenvalue weighted by Gasteiger charge is -2.36. The number of aryl methyl sites for hydroxylation is 2. The van der Waals surface area contributed by atoms with Gasteiger partial charge in [0.1, 0.15) is 0 Å². The van der Waals surface area contributed by atoms with Crippen LogP contribution in [-0.4, -0.2) is 47.9 Å². The highest BCUT2D eigenvalue weighted by Gasteiger charge is 2.28. The molecule has 23 heavy (non-hydrogen) atoms. The minimum atomic E-state index is -0.453. The van der Waals surface area contributed by atoms with Gasteiger partial charge < -0.3 is 20.1 Å². The standard InChI is InChI=1S/C18H28N2O3/c1-4-14-7-6-8-15(5-2)17(14)19-18(22)20-9-10-23-12-16(20)11-13(3)21/h6-8,13,16,21H,4-5,9-12H2,1-3H3,(H,19,22)/t13-,16+/m0/s1. The van der Waals surface area contributed by atoms with Crippen molar-refractivity contribution in [2.24, 2.45) is 0 Å². The van der Waals surface area contributed by atoms with Gasteiger partial charge in [0.2, 0.25) is 0 Å². The largest absolute Gasteiger partial charge is 0.393 e. The third-order valence-corrected chi connectivity index (χ3v) is 4.33. The molecule has 0 saturated carbocycles. The van der Waals surface area contributed by atoms with E-state index in [1.165, 1.54) is 0 Å². The summed E-state index contributed by atoms with van der Waals surface area (Å²) in [5.41, 5.74) is 3.24. The van der Waals surface area contributed by atoms with Crippen LogP contribution >= 0.6 is 0 Å². The Morgan fingerprint density at radius 1 is 1.39 bits per heavy atom. The quantitative estimate of drug-likeness (QED) is 0.877. The maximum Gasteiger partial charge on any atom is 0.322 e. The highest BCUT2D eigenvalue weighted by atomic mass is 16.5. The predicted molar refractivity (Wildman–Crippen MR) is 91.8 cm³/mol. The van der Waals surface area contributed by atoms with Gasteiger partial charge in [-0.15, -0.1) is 0 Å². The fourth-order valence-electron chi connectivity index (χ4n) is 3.09. The maximum atomic E-state index is 12.8. The zero-order valence-corrected chi connectivity index (χ0v) is 14.3. The number of aliphatic hydroxyl groups is 1. The van der Waals surface area contributed by atoms with Crippen molar-refractivity contribution in [1.82, 2.24) is 4.90 Å².